The van der Waals surface area contributed by atoms with E-state index in [-0.39, 0.29) is 28.8 Å². The number of amides is 1. The molecule has 31 heavy (non-hydrogen) atoms. The molecule has 0 saturated heterocycles. The molecule has 0 unspecified atom stereocenters. The number of benzene rings is 2. The average Bonchev–Trinajstić information content (AvgIpc) is 2.83. The SMILES string of the molecule is COc1ccc(C=O)c(C(=O)OCC(=O)N(c2ccccc2)C2CCCCC2)c1OC. The third-order valence-corrected chi connectivity index (χ3v) is 5.48. The molecule has 0 radical (unpaired) electrons. The van der Waals surface area contributed by atoms with E-state index in [2.05, 4.69) is 0 Å². The van der Waals surface area contributed by atoms with Gasteiger partial charge in [-0.2, -0.15) is 0 Å². The van der Waals surface area contributed by atoms with Crippen molar-refractivity contribution in [2.24, 2.45) is 0 Å². The van der Waals surface area contributed by atoms with Crippen molar-refractivity contribution in [3.8, 4) is 11.5 Å². The molecule has 0 bridgehead atoms. The summed E-state index contributed by atoms with van der Waals surface area (Å²) in [7, 11) is 2.80. The second-order valence-electron chi connectivity index (χ2n) is 7.35. The maximum Gasteiger partial charge on any atom is 0.343 e. The average molecular weight is 425 g/mol. The molecule has 0 aliphatic heterocycles. The molecule has 1 amide bonds. The number of ether oxygens (including phenoxy) is 3. The van der Waals surface area contributed by atoms with Crippen LogP contribution in [0.15, 0.2) is 42.5 Å². The molecule has 0 atom stereocenters. The molecule has 1 saturated carbocycles. The number of carbonyl (C=O) groups is 3. The number of carbonyl (C=O) groups excluding carboxylic acids is 3. The Morgan fingerprint density at radius 2 is 1.71 bits per heavy atom. The van der Waals surface area contributed by atoms with Gasteiger partial charge >= 0.3 is 5.97 Å². The van der Waals surface area contributed by atoms with E-state index >= 15 is 0 Å². The molecule has 2 aromatic rings. The fourth-order valence-electron chi connectivity index (χ4n) is 4.01. The number of hydrogen-bond acceptors (Lipinski definition) is 6. The highest BCUT2D eigenvalue weighted by atomic mass is 16.5. The van der Waals surface area contributed by atoms with Gasteiger partial charge in [-0.25, -0.2) is 4.79 Å². The number of methoxy groups -OCH3 is 2. The summed E-state index contributed by atoms with van der Waals surface area (Å²) in [5.74, 6) is -0.736. The van der Waals surface area contributed by atoms with Crippen molar-refractivity contribution in [2.75, 3.05) is 25.7 Å². The minimum absolute atomic E-state index is 0.0615. The molecule has 164 valence electrons. The van der Waals surface area contributed by atoms with E-state index in [1.165, 1.54) is 26.4 Å². The molecule has 7 nitrogen and oxygen atoms in total. The van der Waals surface area contributed by atoms with Crippen LogP contribution in [0, 0.1) is 0 Å². The minimum atomic E-state index is -0.817. The normalized spacial score (nSPS) is 13.9. The van der Waals surface area contributed by atoms with Crippen molar-refractivity contribution in [2.45, 2.75) is 38.1 Å². The quantitative estimate of drug-likeness (QED) is 0.469. The standard InChI is InChI=1S/C24H27NO6/c1-29-20-14-13-17(15-26)22(23(20)30-2)24(28)31-16-21(27)25(18-9-5-3-6-10-18)19-11-7-4-8-12-19/h3,5-6,9-10,13-15,19H,4,7-8,11-12,16H2,1-2H3. The molecule has 0 spiro atoms. The van der Waals surface area contributed by atoms with Crippen molar-refractivity contribution >= 4 is 23.9 Å². The van der Waals surface area contributed by atoms with Crippen molar-refractivity contribution in [1.82, 2.24) is 0 Å². The lowest BCUT2D eigenvalue weighted by Gasteiger charge is -2.34. The van der Waals surface area contributed by atoms with Crippen LogP contribution in [-0.2, 0) is 9.53 Å². The topological polar surface area (TPSA) is 82.1 Å². The lowest BCUT2D eigenvalue weighted by atomic mass is 9.93. The first-order chi connectivity index (χ1) is 15.1. The summed E-state index contributed by atoms with van der Waals surface area (Å²) in [5, 5.41) is 0. The molecule has 2 aromatic carbocycles. The molecule has 3 rings (SSSR count). The van der Waals surface area contributed by atoms with Gasteiger partial charge in [0.05, 0.1) is 14.2 Å². The Hall–Kier alpha value is -3.35. The van der Waals surface area contributed by atoms with Gasteiger partial charge in [-0.3, -0.25) is 9.59 Å². The number of esters is 1. The van der Waals surface area contributed by atoms with Crippen LogP contribution in [-0.4, -0.2) is 45.0 Å². The summed E-state index contributed by atoms with van der Waals surface area (Å²) in [4.78, 5) is 39.1. The first kappa shape index (κ1) is 22.3. The van der Waals surface area contributed by atoms with Crippen LogP contribution >= 0.6 is 0 Å². The van der Waals surface area contributed by atoms with Gasteiger partial charge in [-0.15, -0.1) is 0 Å². The van der Waals surface area contributed by atoms with Gasteiger partial charge in [-0.1, -0.05) is 37.5 Å². The Bertz CT molecular complexity index is 921. The van der Waals surface area contributed by atoms with Crippen LogP contribution in [0.25, 0.3) is 0 Å². The number of nitrogens with zero attached hydrogens (tertiary/aromatic N) is 1. The van der Waals surface area contributed by atoms with Gasteiger partial charge in [-0.05, 0) is 37.1 Å². The summed E-state index contributed by atoms with van der Waals surface area (Å²) < 4.78 is 15.8. The van der Waals surface area contributed by atoms with Gasteiger partial charge in [0.15, 0.2) is 24.4 Å². The monoisotopic (exact) mass is 425 g/mol. The molecule has 0 aromatic heterocycles. The van der Waals surface area contributed by atoms with Crippen LogP contribution < -0.4 is 14.4 Å². The van der Waals surface area contributed by atoms with E-state index in [0.29, 0.717) is 12.0 Å². The lowest BCUT2D eigenvalue weighted by molar-refractivity contribution is -0.122. The van der Waals surface area contributed by atoms with Crippen LogP contribution in [0.5, 0.6) is 11.5 Å². The third kappa shape index (κ3) is 5.05. The zero-order valence-corrected chi connectivity index (χ0v) is 17.8. The number of hydrogen-bond donors (Lipinski definition) is 0. The van der Waals surface area contributed by atoms with Crippen LogP contribution in [0.3, 0.4) is 0 Å². The summed E-state index contributed by atoms with van der Waals surface area (Å²) in [6.45, 7) is -0.442. The Morgan fingerprint density at radius 1 is 1.00 bits per heavy atom. The van der Waals surface area contributed by atoms with E-state index in [1.54, 1.807) is 4.90 Å². The molecule has 1 fully saturated rings. The van der Waals surface area contributed by atoms with Crippen molar-refractivity contribution in [3.63, 3.8) is 0 Å². The number of rotatable bonds is 8. The Balaban J connectivity index is 1.81. The molecule has 0 heterocycles. The van der Waals surface area contributed by atoms with Crippen molar-refractivity contribution < 1.29 is 28.6 Å². The Kier molecular flexibility index (Phi) is 7.65. The smallest absolute Gasteiger partial charge is 0.343 e. The second-order valence-corrected chi connectivity index (χ2v) is 7.35. The van der Waals surface area contributed by atoms with E-state index < -0.39 is 12.6 Å². The van der Waals surface area contributed by atoms with Crippen molar-refractivity contribution in [3.05, 3.63) is 53.6 Å². The van der Waals surface area contributed by atoms with Gasteiger partial charge in [0.2, 0.25) is 0 Å². The van der Waals surface area contributed by atoms with Gasteiger partial charge in [0.1, 0.15) is 5.56 Å². The minimum Gasteiger partial charge on any atom is -0.493 e. The third-order valence-electron chi connectivity index (χ3n) is 5.48. The summed E-state index contributed by atoms with van der Waals surface area (Å²) in [5.41, 5.74) is 0.818. The van der Waals surface area contributed by atoms with Crippen LogP contribution in [0.1, 0.15) is 52.8 Å². The molecule has 7 heteroatoms. The zero-order chi connectivity index (χ0) is 22.2. The lowest BCUT2D eigenvalue weighted by Crippen LogP contribution is -2.43. The first-order valence-corrected chi connectivity index (χ1v) is 10.3. The maximum atomic E-state index is 13.1. The fraction of sp³-hybridized carbons (Fsp3) is 0.375. The summed E-state index contributed by atoms with van der Waals surface area (Å²) in [6.07, 6.45) is 5.64. The molecular weight excluding hydrogens is 398 g/mol. The highest BCUT2D eigenvalue weighted by Gasteiger charge is 2.29. The van der Waals surface area contributed by atoms with E-state index in [4.69, 9.17) is 14.2 Å². The van der Waals surface area contributed by atoms with E-state index in [9.17, 15) is 14.4 Å². The summed E-state index contributed by atoms with van der Waals surface area (Å²) in [6, 6.07) is 12.5. The largest absolute Gasteiger partial charge is 0.493 e. The predicted molar refractivity (Wildman–Crippen MR) is 116 cm³/mol. The highest BCUT2D eigenvalue weighted by Crippen LogP contribution is 2.33. The molecule has 1 aliphatic carbocycles. The molecule has 1 aliphatic rings. The zero-order valence-electron chi connectivity index (χ0n) is 17.8. The van der Waals surface area contributed by atoms with Crippen LogP contribution in [0.2, 0.25) is 0 Å². The predicted octanol–water partition coefficient (Wildman–Crippen LogP) is 4.04. The number of anilines is 1. The maximum absolute atomic E-state index is 13.1. The number of para-hydroxylation sites is 1. The van der Waals surface area contributed by atoms with E-state index in [0.717, 1.165) is 37.8 Å². The van der Waals surface area contributed by atoms with Gasteiger partial charge < -0.3 is 19.1 Å². The first-order valence-electron chi connectivity index (χ1n) is 10.3. The van der Waals surface area contributed by atoms with Crippen LogP contribution in [0.4, 0.5) is 5.69 Å². The second kappa shape index (κ2) is 10.6. The number of aldehydes is 1. The molecular formula is C24H27NO6. The molecule has 0 N–H and O–H groups in total. The van der Waals surface area contributed by atoms with Gasteiger partial charge in [0.25, 0.3) is 5.91 Å². The van der Waals surface area contributed by atoms with Gasteiger partial charge in [0, 0.05) is 17.3 Å². The Labute approximate surface area is 181 Å². The fourth-order valence-corrected chi connectivity index (χ4v) is 4.01. The summed E-state index contributed by atoms with van der Waals surface area (Å²) >= 11 is 0. The Morgan fingerprint density at radius 3 is 2.32 bits per heavy atom. The van der Waals surface area contributed by atoms with Crippen molar-refractivity contribution in [1.29, 1.82) is 0 Å². The van der Waals surface area contributed by atoms with E-state index in [1.807, 2.05) is 30.3 Å². The highest BCUT2D eigenvalue weighted by molar-refractivity contribution is 6.03.